The van der Waals surface area contributed by atoms with Crippen molar-refractivity contribution in [3.8, 4) is 11.3 Å². The Bertz CT molecular complexity index is 1330. The zero-order chi connectivity index (χ0) is 29.2. The Labute approximate surface area is 239 Å². The molecule has 0 spiro atoms. The van der Waals surface area contributed by atoms with Crippen LogP contribution in [0.5, 0.6) is 0 Å². The number of carbonyl (C=O) groups is 2. The van der Waals surface area contributed by atoms with Crippen LogP contribution in [-0.2, 0) is 18.1 Å². The average Bonchev–Trinajstić information content (AvgIpc) is 3.40. The van der Waals surface area contributed by atoms with E-state index in [2.05, 4.69) is 25.3 Å². The van der Waals surface area contributed by atoms with E-state index in [1.54, 1.807) is 31.7 Å². The Morgan fingerprint density at radius 1 is 1.07 bits per heavy atom. The van der Waals surface area contributed by atoms with Gasteiger partial charge in [-0.1, -0.05) is 57.2 Å². The van der Waals surface area contributed by atoms with Gasteiger partial charge in [0, 0.05) is 31.3 Å². The fourth-order valence-electron chi connectivity index (χ4n) is 5.29. The van der Waals surface area contributed by atoms with Crippen LogP contribution in [0.4, 0.5) is 0 Å². The third kappa shape index (κ3) is 6.30. The van der Waals surface area contributed by atoms with Gasteiger partial charge in [0.05, 0.1) is 23.6 Å². The Hall–Kier alpha value is -3.05. The maximum absolute atomic E-state index is 12.9. The highest BCUT2D eigenvalue weighted by atomic mass is 28.4. The van der Waals surface area contributed by atoms with Crippen LogP contribution in [0.2, 0.25) is 23.9 Å². The number of nitrogens with zero attached hydrogens (tertiary/aromatic N) is 3. The molecule has 0 saturated heterocycles. The van der Waals surface area contributed by atoms with E-state index in [9.17, 15) is 14.4 Å². The standard InChI is InChI=1S/C30H40BN4O4Si/c1-20(16-30(2,3)40(5,6)38)27-33-26(18-34(27)4)22-13-11-21(12-14-22)15-23(31-39-19-32)17-35-28(36)24-9-7-8-10-25(24)29(35)37/h7-14,18,20,23,38H,15-17,19,32H2,1-6H3. The minimum absolute atomic E-state index is 0.0210. The van der Waals surface area contributed by atoms with Gasteiger partial charge in [0.2, 0.25) is 0 Å². The maximum Gasteiger partial charge on any atom is 0.299 e. The molecule has 1 aromatic heterocycles. The summed E-state index contributed by atoms with van der Waals surface area (Å²) < 4.78 is 7.47. The summed E-state index contributed by atoms with van der Waals surface area (Å²) in [6.45, 7) is 10.7. The molecule has 4 rings (SSSR count). The van der Waals surface area contributed by atoms with E-state index in [1.807, 2.05) is 50.6 Å². The van der Waals surface area contributed by atoms with Crippen LogP contribution in [-0.4, -0.2) is 60.1 Å². The normalized spacial score (nSPS) is 15.3. The fraction of sp³-hybridized carbons (Fsp3) is 0.433. The summed E-state index contributed by atoms with van der Waals surface area (Å²) in [5.74, 6) is 0.417. The molecule has 2 aromatic carbocycles. The highest BCUT2D eigenvalue weighted by Gasteiger charge is 2.40. The molecule has 10 heteroatoms. The largest absolute Gasteiger partial charge is 0.432 e. The van der Waals surface area contributed by atoms with Gasteiger partial charge in [-0.2, -0.15) is 0 Å². The van der Waals surface area contributed by atoms with Gasteiger partial charge in [-0.05, 0) is 54.5 Å². The number of aromatic nitrogens is 2. The van der Waals surface area contributed by atoms with E-state index >= 15 is 0 Å². The molecule has 1 aliphatic heterocycles. The van der Waals surface area contributed by atoms with E-state index < -0.39 is 8.32 Å². The Kier molecular flexibility index (Phi) is 8.84. The Balaban J connectivity index is 1.46. The quantitative estimate of drug-likeness (QED) is 0.189. The summed E-state index contributed by atoms with van der Waals surface area (Å²) in [5.41, 5.74) is 9.38. The number of rotatable bonds is 12. The summed E-state index contributed by atoms with van der Waals surface area (Å²) in [6.07, 6.45) is 3.49. The van der Waals surface area contributed by atoms with Gasteiger partial charge in [0.25, 0.3) is 19.3 Å². The van der Waals surface area contributed by atoms with Gasteiger partial charge in [0.15, 0.2) is 8.32 Å². The first-order valence-corrected chi connectivity index (χ1v) is 16.7. The van der Waals surface area contributed by atoms with Gasteiger partial charge in [-0.15, -0.1) is 0 Å². The molecule has 211 valence electrons. The van der Waals surface area contributed by atoms with Gasteiger partial charge >= 0.3 is 0 Å². The molecule has 0 saturated carbocycles. The second kappa shape index (κ2) is 11.8. The van der Waals surface area contributed by atoms with Crippen LogP contribution in [0.25, 0.3) is 11.3 Å². The van der Waals surface area contributed by atoms with Crippen molar-refractivity contribution in [1.29, 1.82) is 0 Å². The molecule has 40 heavy (non-hydrogen) atoms. The third-order valence-corrected chi connectivity index (χ3v) is 11.8. The van der Waals surface area contributed by atoms with Gasteiger partial charge in [0.1, 0.15) is 5.82 Å². The zero-order valence-corrected chi connectivity index (χ0v) is 25.3. The number of carbonyl (C=O) groups excluding carboxylic acids is 2. The third-order valence-electron chi connectivity index (χ3n) is 8.25. The van der Waals surface area contributed by atoms with Crippen LogP contribution in [0.3, 0.4) is 0 Å². The SMILES string of the molecule is CC(CC(C)(C)[Si](C)(C)O)c1nc(-c2ccc(CC([B]OCN)CN3C(=O)c4ccccc4C3=O)cc2)cn1C. The van der Waals surface area contributed by atoms with Crippen molar-refractivity contribution in [1.82, 2.24) is 14.5 Å². The van der Waals surface area contributed by atoms with Crippen LogP contribution >= 0.6 is 0 Å². The highest BCUT2D eigenvalue weighted by Crippen LogP contribution is 2.44. The molecular formula is C30H40BN4O4Si. The van der Waals surface area contributed by atoms with Gasteiger partial charge in [-0.25, -0.2) is 4.98 Å². The minimum Gasteiger partial charge on any atom is -0.432 e. The van der Waals surface area contributed by atoms with Crippen molar-refractivity contribution in [2.75, 3.05) is 13.3 Å². The molecule has 2 heterocycles. The van der Waals surface area contributed by atoms with E-state index in [1.165, 1.54) is 4.90 Å². The monoisotopic (exact) mass is 559 g/mol. The minimum atomic E-state index is -2.32. The molecule has 1 aliphatic rings. The summed E-state index contributed by atoms with van der Waals surface area (Å²) in [5, 5.41) is -0.131. The number of amides is 2. The van der Waals surface area contributed by atoms with Crippen molar-refractivity contribution < 1.29 is 19.0 Å². The lowest BCUT2D eigenvalue weighted by molar-refractivity contribution is 0.0651. The number of fused-ring (bicyclic) bond motifs is 1. The zero-order valence-electron chi connectivity index (χ0n) is 24.3. The van der Waals surface area contributed by atoms with Crippen LogP contribution in [0.15, 0.2) is 54.7 Å². The summed E-state index contributed by atoms with van der Waals surface area (Å²) in [7, 11) is 1.33. The number of hydrogen-bond acceptors (Lipinski definition) is 6. The molecule has 2 unspecified atom stereocenters. The maximum atomic E-state index is 12.9. The molecular weight excluding hydrogens is 519 g/mol. The molecule has 3 N–H and O–H groups in total. The van der Waals surface area contributed by atoms with Crippen molar-refractivity contribution in [2.24, 2.45) is 12.8 Å². The molecule has 2 amide bonds. The van der Waals surface area contributed by atoms with Crippen LogP contribution in [0.1, 0.15) is 65.2 Å². The van der Waals surface area contributed by atoms with Crippen molar-refractivity contribution in [3.05, 3.63) is 77.2 Å². The molecule has 0 aliphatic carbocycles. The van der Waals surface area contributed by atoms with E-state index in [0.29, 0.717) is 17.5 Å². The number of benzene rings is 2. The van der Waals surface area contributed by atoms with Crippen LogP contribution in [0, 0.1) is 0 Å². The molecule has 0 bridgehead atoms. The molecule has 0 fully saturated rings. The van der Waals surface area contributed by atoms with Gasteiger partial charge < -0.3 is 19.8 Å². The molecule has 2 atom stereocenters. The smallest absolute Gasteiger partial charge is 0.299 e. The van der Waals surface area contributed by atoms with E-state index in [-0.39, 0.29) is 41.9 Å². The molecule has 1 radical (unpaired) electrons. The lowest BCUT2D eigenvalue weighted by Gasteiger charge is -2.36. The average molecular weight is 560 g/mol. The number of imide groups is 1. The lowest BCUT2D eigenvalue weighted by Crippen LogP contribution is -2.39. The second-order valence-corrected chi connectivity index (χ2v) is 16.5. The van der Waals surface area contributed by atoms with Crippen molar-refractivity contribution in [2.45, 2.75) is 63.5 Å². The first-order valence-electron chi connectivity index (χ1n) is 13.8. The Morgan fingerprint density at radius 2 is 1.68 bits per heavy atom. The first-order chi connectivity index (χ1) is 18.8. The second-order valence-electron chi connectivity index (χ2n) is 12.0. The van der Waals surface area contributed by atoms with Crippen molar-refractivity contribution in [3.63, 3.8) is 0 Å². The van der Waals surface area contributed by atoms with E-state index in [0.717, 1.165) is 29.1 Å². The van der Waals surface area contributed by atoms with Gasteiger partial charge in [-0.3, -0.25) is 14.5 Å². The summed E-state index contributed by atoms with van der Waals surface area (Å²) in [4.78, 5) is 42.7. The lowest BCUT2D eigenvalue weighted by atomic mass is 9.75. The Morgan fingerprint density at radius 3 is 2.23 bits per heavy atom. The number of aryl methyl sites for hydroxylation is 1. The first kappa shape index (κ1) is 29.9. The molecule has 3 aromatic rings. The predicted octanol–water partition coefficient (Wildman–Crippen LogP) is 4.74. The summed E-state index contributed by atoms with van der Waals surface area (Å²) >= 11 is 0. The topological polar surface area (TPSA) is 111 Å². The highest BCUT2D eigenvalue weighted by molar-refractivity contribution is 6.72. The predicted molar refractivity (Wildman–Crippen MR) is 161 cm³/mol. The van der Waals surface area contributed by atoms with Crippen LogP contribution < -0.4 is 5.73 Å². The molecule has 8 nitrogen and oxygen atoms in total. The van der Waals surface area contributed by atoms with Crippen molar-refractivity contribution >= 4 is 27.6 Å². The number of nitrogens with two attached hydrogens (primary N) is 1. The van der Waals surface area contributed by atoms with E-state index in [4.69, 9.17) is 15.4 Å². The summed E-state index contributed by atoms with van der Waals surface area (Å²) in [6, 6.07) is 15.1. The fourth-order valence-corrected chi connectivity index (χ4v) is 6.09. The number of hydrogen-bond donors (Lipinski definition) is 2. The number of imidazole rings is 1.